The first-order valence-electron chi connectivity index (χ1n) is 7.05. The van der Waals surface area contributed by atoms with Gasteiger partial charge < -0.3 is 4.52 Å². The minimum atomic E-state index is -4.60. The first-order chi connectivity index (χ1) is 12.2. The zero-order valence-electron chi connectivity index (χ0n) is 12.8. The summed E-state index contributed by atoms with van der Waals surface area (Å²) in [6.07, 6.45) is 0. The highest BCUT2D eigenvalue weighted by molar-refractivity contribution is 9.10. The monoisotopic (exact) mass is 446 g/mol. The standard InChI is InChI=1S/C16H10BrF3N2O3S/c17-10-3-1-8(2-4-10)15-14(13(7-18)25-22-15)9-5-11(19)16(12(20)6-9)26(21,23)24/h1-6H,7H2,(H2,21,23,24). The third-order valence-electron chi connectivity index (χ3n) is 3.57. The number of hydrogen-bond donors (Lipinski definition) is 1. The van der Waals surface area contributed by atoms with Gasteiger partial charge in [-0.1, -0.05) is 33.2 Å². The number of benzene rings is 2. The molecule has 5 nitrogen and oxygen atoms in total. The van der Waals surface area contributed by atoms with Crippen LogP contribution in [0.1, 0.15) is 5.76 Å². The van der Waals surface area contributed by atoms with Crippen LogP contribution in [0.2, 0.25) is 0 Å². The van der Waals surface area contributed by atoms with Crippen LogP contribution in [-0.2, 0) is 16.7 Å². The van der Waals surface area contributed by atoms with Crippen molar-refractivity contribution < 1.29 is 26.1 Å². The predicted octanol–water partition coefficient (Wildman–Crippen LogP) is 4.17. The molecular formula is C16H10BrF3N2O3S. The molecule has 0 saturated carbocycles. The van der Waals surface area contributed by atoms with Gasteiger partial charge in [0.25, 0.3) is 0 Å². The highest BCUT2D eigenvalue weighted by Gasteiger charge is 2.25. The van der Waals surface area contributed by atoms with Gasteiger partial charge in [-0.15, -0.1) is 0 Å². The number of sulfonamides is 1. The average molecular weight is 447 g/mol. The Morgan fingerprint density at radius 1 is 1.08 bits per heavy atom. The number of aromatic nitrogens is 1. The Morgan fingerprint density at radius 2 is 1.65 bits per heavy atom. The summed E-state index contributed by atoms with van der Waals surface area (Å²) in [4.78, 5) is -1.26. The lowest BCUT2D eigenvalue weighted by Crippen LogP contribution is -2.16. The maximum absolute atomic E-state index is 14.2. The minimum absolute atomic E-state index is 0.0218. The molecule has 0 amide bonds. The van der Waals surface area contributed by atoms with Gasteiger partial charge in [-0.3, -0.25) is 0 Å². The number of alkyl halides is 1. The molecule has 0 fully saturated rings. The van der Waals surface area contributed by atoms with Crippen LogP contribution in [0.5, 0.6) is 0 Å². The van der Waals surface area contributed by atoms with Crippen LogP contribution in [0.15, 0.2) is 50.3 Å². The zero-order chi connectivity index (χ0) is 19.1. The lowest BCUT2D eigenvalue weighted by Gasteiger charge is -2.08. The lowest BCUT2D eigenvalue weighted by molar-refractivity contribution is 0.332. The Hall–Kier alpha value is -2.17. The molecule has 3 rings (SSSR count). The highest BCUT2D eigenvalue weighted by atomic mass is 79.9. The molecule has 2 aromatic carbocycles. The van der Waals surface area contributed by atoms with Gasteiger partial charge in [0.1, 0.15) is 17.3 Å². The molecule has 1 aromatic heterocycles. The first kappa shape index (κ1) is 18.6. The smallest absolute Gasteiger partial charge is 0.243 e. The predicted molar refractivity (Wildman–Crippen MR) is 91.2 cm³/mol. The summed E-state index contributed by atoms with van der Waals surface area (Å²) in [5.41, 5.74) is 0.572. The third-order valence-corrected chi connectivity index (χ3v) is 5.06. The normalized spacial score (nSPS) is 11.7. The van der Waals surface area contributed by atoms with Crippen molar-refractivity contribution in [1.29, 1.82) is 0 Å². The van der Waals surface area contributed by atoms with Gasteiger partial charge in [0.15, 0.2) is 17.3 Å². The third kappa shape index (κ3) is 3.39. The van der Waals surface area contributed by atoms with Gasteiger partial charge in [0.05, 0.1) is 5.56 Å². The van der Waals surface area contributed by atoms with Crippen molar-refractivity contribution >= 4 is 26.0 Å². The Bertz CT molecular complexity index is 1060. The van der Waals surface area contributed by atoms with E-state index in [1.807, 2.05) is 0 Å². The second-order valence-electron chi connectivity index (χ2n) is 5.28. The van der Waals surface area contributed by atoms with Crippen LogP contribution in [-0.4, -0.2) is 13.6 Å². The molecule has 136 valence electrons. The van der Waals surface area contributed by atoms with Crippen molar-refractivity contribution in [2.75, 3.05) is 0 Å². The summed E-state index contributed by atoms with van der Waals surface area (Å²) < 4.78 is 70.0. The van der Waals surface area contributed by atoms with Crippen LogP contribution in [0.25, 0.3) is 22.4 Å². The summed E-state index contributed by atoms with van der Waals surface area (Å²) in [6, 6.07) is 8.20. The van der Waals surface area contributed by atoms with Crippen molar-refractivity contribution in [3.05, 3.63) is 58.3 Å². The lowest BCUT2D eigenvalue weighted by atomic mass is 9.99. The Kier molecular flexibility index (Phi) is 4.91. The van der Waals surface area contributed by atoms with Crippen LogP contribution in [0.4, 0.5) is 13.2 Å². The molecule has 10 heteroatoms. The number of nitrogens with zero attached hydrogens (tertiary/aromatic N) is 1. The Labute approximate surface area is 154 Å². The highest BCUT2D eigenvalue weighted by Crippen LogP contribution is 2.37. The van der Waals surface area contributed by atoms with Gasteiger partial charge in [-0.2, -0.15) is 0 Å². The van der Waals surface area contributed by atoms with E-state index < -0.39 is 33.2 Å². The maximum Gasteiger partial charge on any atom is 0.243 e. The number of rotatable bonds is 4. The zero-order valence-corrected chi connectivity index (χ0v) is 15.2. The largest absolute Gasteiger partial charge is 0.357 e. The maximum atomic E-state index is 14.2. The molecule has 0 bridgehead atoms. The van der Waals surface area contributed by atoms with Crippen molar-refractivity contribution in [3.8, 4) is 22.4 Å². The fourth-order valence-corrected chi connectivity index (χ4v) is 3.42. The molecule has 0 atom stereocenters. The van der Waals surface area contributed by atoms with E-state index in [2.05, 4.69) is 21.1 Å². The van der Waals surface area contributed by atoms with E-state index in [-0.39, 0.29) is 22.6 Å². The number of hydrogen-bond acceptors (Lipinski definition) is 4. The molecule has 2 N–H and O–H groups in total. The first-order valence-corrected chi connectivity index (χ1v) is 9.39. The fraction of sp³-hybridized carbons (Fsp3) is 0.0625. The fourth-order valence-electron chi connectivity index (χ4n) is 2.49. The molecular weight excluding hydrogens is 437 g/mol. The SMILES string of the molecule is NS(=O)(=O)c1c(F)cc(-c2c(-c3ccc(Br)cc3)noc2CF)cc1F. The quantitative estimate of drug-likeness (QED) is 0.651. The van der Waals surface area contributed by atoms with Gasteiger partial charge in [-0.05, 0) is 29.8 Å². The summed E-state index contributed by atoms with van der Waals surface area (Å²) in [6.45, 7) is -1.07. The molecule has 0 aliphatic rings. The summed E-state index contributed by atoms with van der Waals surface area (Å²) in [5, 5.41) is 8.59. The van der Waals surface area contributed by atoms with Gasteiger partial charge >= 0.3 is 0 Å². The van der Waals surface area contributed by atoms with E-state index in [0.717, 1.165) is 16.6 Å². The van der Waals surface area contributed by atoms with Gasteiger partial charge in [-0.25, -0.2) is 26.7 Å². The van der Waals surface area contributed by atoms with Crippen molar-refractivity contribution in [3.63, 3.8) is 0 Å². The molecule has 0 radical (unpaired) electrons. The number of nitrogens with two attached hydrogens (primary N) is 1. The van der Waals surface area contributed by atoms with Crippen molar-refractivity contribution in [2.24, 2.45) is 5.14 Å². The molecule has 0 unspecified atom stereocenters. The minimum Gasteiger partial charge on any atom is -0.357 e. The molecule has 0 aliphatic heterocycles. The van der Waals surface area contributed by atoms with E-state index in [1.165, 1.54) is 0 Å². The number of primary sulfonamides is 1. The molecule has 0 spiro atoms. The summed E-state index contributed by atoms with van der Waals surface area (Å²) in [7, 11) is -4.60. The van der Waals surface area contributed by atoms with Gasteiger partial charge in [0.2, 0.25) is 10.0 Å². The molecule has 1 heterocycles. The number of halogens is 4. The molecule has 26 heavy (non-hydrogen) atoms. The average Bonchev–Trinajstić information content (AvgIpc) is 2.97. The van der Waals surface area contributed by atoms with E-state index in [9.17, 15) is 21.6 Å². The second kappa shape index (κ2) is 6.86. The summed E-state index contributed by atoms with van der Waals surface area (Å²) >= 11 is 3.27. The van der Waals surface area contributed by atoms with Gasteiger partial charge in [0, 0.05) is 10.0 Å². The van der Waals surface area contributed by atoms with Crippen molar-refractivity contribution in [1.82, 2.24) is 5.16 Å². The molecule has 3 aromatic rings. The van der Waals surface area contributed by atoms with E-state index in [1.54, 1.807) is 24.3 Å². The van der Waals surface area contributed by atoms with Crippen molar-refractivity contribution in [2.45, 2.75) is 11.6 Å². The molecule has 0 saturated heterocycles. The molecule has 0 aliphatic carbocycles. The topological polar surface area (TPSA) is 86.2 Å². The van der Waals surface area contributed by atoms with Crippen LogP contribution < -0.4 is 5.14 Å². The van der Waals surface area contributed by atoms with Crippen LogP contribution in [0, 0.1) is 11.6 Å². The van der Waals surface area contributed by atoms with E-state index in [0.29, 0.717) is 5.56 Å². The summed E-state index contributed by atoms with van der Waals surface area (Å²) in [5.74, 6) is -3.03. The Morgan fingerprint density at radius 3 is 2.15 bits per heavy atom. The van der Waals surface area contributed by atoms with E-state index >= 15 is 0 Å². The van der Waals surface area contributed by atoms with E-state index in [4.69, 9.17) is 9.66 Å². The Balaban J connectivity index is 2.24. The van der Waals surface area contributed by atoms with Crippen LogP contribution in [0.3, 0.4) is 0 Å². The second-order valence-corrected chi connectivity index (χ2v) is 7.70. The van der Waals surface area contributed by atoms with Crippen LogP contribution >= 0.6 is 15.9 Å².